The third kappa shape index (κ3) is 6.43. The van der Waals surface area contributed by atoms with Crippen LogP contribution in [-0.4, -0.2) is 36.3 Å². The van der Waals surface area contributed by atoms with Crippen LogP contribution < -0.4 is 16.0 Å². The Balaban J connectivity index is 1.79. The van der Waals surface area contributed by atoms with E-state index in [1.54, 1.807) is 13.0 Å². The molecule has 0 saturated heterocycles. The fourth-order valence-electron chi connectivity index (χ4n) is 4.17. The van der Waals surface area contributed by atoms with Gasteiger partial charge in [-0.15, -0.1) is 0 Å². The number of nitrogens with two attached hydrogens (primary N) is 1. The van der Waals surface area contributed by atoms with Gasteiger partial charge < -0.3 is 10.5 Å². The second kappa shape index (κ2) is 12.8. The summed E-state index contributed by atoms with van der Waals surface area (Å²) >= 11 is 5.84. The molecule has 15 heteroatoms. The molecule has 0 saturated carbocycles. The average Bonchev–Trinajstić information content (AvgIpc) is 2.99. The van der Waals surface area contributed by atoms with Gasteiger partial charge in [-0.05, 0) is 61.4 Å². The molecule has 1 heterocycles. The Kier molecular flexibility index (Phi) is 9.12. The van der Waals surface area contributed by atoms with Crippen molar-refractivity contribution < 1.29 is 22.9 Å². The standard InChI is InChI=1S/C29H23ClN6O7S/c1-3-43-29(38)26-25(19-5-4-6-22(15-19)36(39)40)24(16-31)28(37)35(27(26)32)33-17(2)18-7-11-21(12-8-18)34-44(41,42)23-13-9-20(30)10-14-23/h4-15,34H,3,32H2,1-2H3/b33-17+. The van der Waals surface area contributed by atoms with Crippen molar-refractivity contribution in [3.63, 3.8) is 0 Å². The highest BCUT2D eigenvalue weighted by Gasteiger charge is 2.28. The normalized spacial score (nSPS) is 11.5. The molecule has 1 aromatic heterocycles. The van der Waals surface area contributed by atoms with E-state index in [1.165, 1.54) is 73.7 Å². The molecule has 224 valence electrons. The van der Waals surface area contributed by atoms with Gasteiger partial charge >= 0.3 is 5.97 Å². The number of nitro benzene ring substituents is 1. The molecule has 4 rings (SSSR count). The summed E-state index contributed by atoms with van der Waals surface area (Å²) in [5.74, 6) is -1.43. The summed E-state index contributed by atoms with van der Waals surface area (Å²) < 4.78 is 33.7. The molecular weight excluding hydrogens is 612 g/mol. The molecule has 3 N–H and O–H groups in total. The monoisotopic (exact) mass is 634 g/mol. The van der Waals surface area contributed by atoms with E-state index in [0.29, 0.717) is 15.3 Å². The minimum atomic E-state index is -3.90. The lowest BCUT2D eigenvalue weighted by molar-refractivity contribution is -0.384. The molecule has 0 aliphatic carbocycles. The number of hydrogen-bond acceptors (Lipinski definition) is 10. The van der Waals surface area contributed by atoms with Gasteiger partial charge in [-0.1, -0.05) is 35.9 Å². The Morgan fingerprint density at radius 2 is 1.82 bits per heavy atom. The maximum atomic E-state index is 13.5. The number of carbonyl (C=O) groups is 1. The van der Waals surface area contributed by atoms with Gasteiger partial charge in [-0.25, -0.2) is 13.2 Å². The molecule has 0 radical (unpaired) electrons. The molecule has 3 aromatic carbocycles. The third-order valence-corrected chi connectivity index (χ3v) is 7.91. The summed E-state index contributed by atoms with van der Waals surface area (Å²) in [6.45, 7) is 3.01. The van der Waals surface area contributed by atoms with E-state index in [-0.39, 0.29) is 45.3 Å². The van der Waals surface area contributed by atoms with Gasteiger partial charge in [0.15, 0.2) is 0 Å². The Labute approximate surface area is 256 Å². The number of sulfonamides is 1. The number of non-ortho nitro benzene ring substituents is 1. The number of nitro groups is 1. The van der Waals surface area contributed by atoms with Crippen LogP contribution in [0.1, 0.15) is 35.3 Å². The van der Waals surface area contributed by atoms with Gasteiger partial charge in [0.1, 0.15) is 23.0 Å². The fraction of sp³-hybridized carbons (Fsp3) is 0.103. The van der Waals surface area contributed by atoms with E-state index in [2.05, 4.69) is 9.82 Å². The predicted molar refractivity (Wildman–Crippen MR) is 164 cm³/mol. The van der Waals surface area contributed by atoms with Gasteiger partial charge in [-0.3, -0.25) is 19.6 Å². The van der Waals surface area contributed by atoms with E-state index in [4.69, 9.17) is 22.1 Å². The molecule has 0 atom stereocenters. The number of nitriles is 1. The van der Waals surface area contributed by atoms with Crippen molar-refractivity contribution >= 4 is 50.5 Å². The van der Waals surface area contributed by atoms with Gasteiger partial charge in [0.25, 0.3) is 21.3 Å². The van der Waals surface area contributed by atoms with Crippen LogP contribution in [0.3, 0.4) is 0 Å². The first-order valence-electron chi connectivity index (χ1n) is 12.7. The fourth-order valence-corrected chi connectivity index (χ4v) is 5.36. The van der Waals surface area contributed by atoms with E-state index in [0.717, 1.165) is 6.07 Å². The quantitative estimate of drug-likeness (QED) is 0.112. The maximum absolute atomic E-state index is 13.5. The molecule has 0 bridgehead atoms. The van der Waals surface area contributed by atoms with E-state index < -0.39 is 37.9 Å². The van der Waals surface area contributed by atoms with Crippen LogP contribution in [0.15, 0.2) is 87.6 Å². The summed E-state index contributed by atoms with van der Waals surface area (Å²) in [6.07, 6.45) is 0. The van der Waals surface area contributed by atoms with Crippen LogP contribution >= 0.6 is 11.6 Å². The van der Waals surface area contributed by atoms with Crippen molar-refractivity contribution in [3.05, 3.63) is 115 Å². The molecule has 0 aliphatic heterocycles. The number of esters is 1. The highest BCUT2D eigenvalue weighted by atomic mass is 35.5. The number of nitrogens with one attached hydrogen (secondary N) is 1. The third-order valence-electron chi connectivity index (χ3n) is 6.26. The lowest BCUT2D eigenvalue weighted by atomic mass is 9.95. The van der Waals surface area contributed by atoms with Crippen LogP contribution in [0.2, 0.25) is 5.02 Å². The summed E-state index contributed by atoms with van der Waals surface area (Å²) in [4.78, 5) is 37.3. The number of carbonyl (C=O) groups excluding carboxylic acids is 1. The Morgan fingerprint density at radius 1 is 1.16 bits per heavy atom. The van der Waals surface area contributed by atoms with Crippen LogP contribution in [0.4, 0.5) is 17.2 Å². The average molecular weight is 635 g/mol. The van der Waals surface area contributed by atoms with Crippen molar-refractivity contribution in [1.29, 1.82) is 5.26 Å². The van der Waals surface area contributed by atoms with E-state index in [1.807, 2.05) is 0 Å². The topological polar surface area (TPSA) is 200 Å². The zero-order valence-electron chi connectivity index (χ0n) is 23.1. The minimum absolute atomic E-state index is 0.0119. The first kappa shape index (κ1) is 31.4. The highest BCUT2D eigenvalue weighted by molar-refractivity contribution is 7.92. The molecule has 0 fully saturated rings. The van der Waals surface area contributed by atoms with Crippen LogP contribution in [-0.2, 0) is 14.8 Å². The predicted octanol–water partition coefficient (Wildman–Crippen LogP) is 4.78. The molecular formula is C29H23ClN6O7S. The van der Waals surface area contributed by atoms with Gasteiger partial charge in [-0.2, -0.15) is 15.0 Å². The number of rotatable bonds is 9. The number of anilines is 2. The van der Waals surface area contributed by atoms with Crippen molar-refractivity contribution in [2.45, 2.75) is 18.7 Å². The molecule has 0 amide bonds. The molecule has 44 heavy (non-hydrogen) atoms. The number of pyridine rings is 1. The second-order valence-corrected chi connectivity index (χ2v) is 11.2. The number of nitrogens with zero attached hydrogens (tertiary/aromatic N) is 4. The van der Waals surface area contributed by atoms with Gasteiger partial charge in [0.2, 0.25) is 0 Å². The Bertz CT molecular complexity index is 2020. The summed E-state index contributed by atoms with van der Waals surface area (Å²) in [6, 6.07) is 18.5. The molecule has 13 nitrogen and oxygen atoms in total. The van der Waals surface area contributed by atoms with Crippen LogP contribution in [0.25, 0.3) is 11.1 Å². The first-order valence-corrected chi connectivity index (χ1v) is 14.6. The largest absolute Gasteiger partial charge is 0.462 e. The van der Waals surface area contributed by atoms with Crippen molar-refractivity contribution in [2.24, 2.45) is 5.10 Å². The summed E-state index contributed by atoms with van der Waals surface area (Å²) in [5.41, 5.74) is 4.78. The molecule has 0 spiro atoms. The summed E-state index contributed by atoms with van der Waals surface area (Å²) in [7, 11) is -3.90. The number of halogens is 1. The zero-order valence-corrected chi connectivity index (χ0v) is 24.7. The number of hydrogen-bond donors (Lipinski definition) is 2. The lowest BCUT2D eigenvalue weighted by Crippen LogP contribution is -2.28. The van der Waals surface area contributed by atoms with Crippen molar-refractivity contribution in [1.82, 2.24) is 4.68 Å². The minimum Gasteiger partial charge on any atom is -0.462 e. The van der Waals surface area contributed by atoms with Crippen molar-refractivity contribution in [2.75, 3.05) is 17.1 Å². The maximum Gasteiger partial charge on any atom is 0.342 e. The van der Waals surface area contributed by atoms with E-state index in [9.17, 15) is 33.4 Å². The number of aromatic nitrogens is 1. The van der Waals surface area contributed by atoms with Crippen molar-refractivity contribution in [3.8, 4) is 17.2 Å². The van der Waals surface area contributed by atoms with E-state index >= 15 is 0 Å². The number of nitrogen functional groups attached to an aromatic ring is 1. The highest BCUT2D eigenvalue weighted by Crippen LogP contribution is 2.32. The molecule has 0 unspecified atom stereocenters. The SMILES string of the molecule is CCOC(=O)c1c(-c2cccc([N+](=O)[O-])c2)c(C#N)c(=O)n(/N=C(\C)c2ccc(NS(=O)(=O)c3ccc(Cl)cc3)cc2)c1N. The van der Waals surface area contributed by atoms with Crippen LogP contribution in [0, 0.1) is 21.4 Å². The van der Waals surface area contributed by atoms with Gasteiger partial charge in [0.05, 0.1) is 22.1 Å². The molecule has 0 aliphatic rings. The number of ether oxygens (including phenoxy) is 1. The Hall–Kier alpha value is -5.52. The lowest BCUT2D eigenvalue weighted by Gasteiger charge is -2.16. The van der Waals surface area contributed by atoms with Gasteiger partial charge in [0, 0.05) is 28.4 Å². The first-order chi connectivity index (χ1) is 20.9. The second-order valence-electron chi connectivity index (χ2n) is 9.09. The smallest absolute Gasteiger partial charge is 0.342 e. The zero-order chi connectivity index (χ0) is 32.2. The molecule has 4 aromatic rings. The number of benzene rings is 3. The summed E-state index contributed by atoms with van der Waals surface area (Å²) in [5, 5.41) is 26.0. The van der Waals surface area contributed by atoms with Crippen LogP contribution in [0.5, 0.6) is 0 Å². The Morgan fingerprint density at radius 3 is 2.41 bits per heavy atom.